The molecule has 0 fully saturated rings. The zero-order valence-corrected chi connectivity index (χ0v) is 23.7. The Bertz CT molecular complexity index is 1850. The number of hydrogen-bond acceptors (Lipinski definition) is 7. The number of hydrogen-bond donors (Lipinski definition) is 1. The third kappa shape index (κ3) is 4.34. The van der Waals surface area contributed by atoms with E-state index in [4.69, 9.17) is 21.0 Å². The van der Waals surface area contributed by atoms with Crippen LogP contribution in [-0.2, 0) is 20.6 Å². The van der Waals surface area contributed by atoms with Crippen LogP contribution >= 0.6 is 34.7 Å². The van der Waals surface area contributed by atoms with Gasteiger partial charge in [0.2, 0.25) is 0 Å². The molecule has 2 atom stereocenters. The number of nitrogens with one attached hydrogen (secondary N) is 1. The largest absolute Gasteiger partial charge is 0.448 e. The van der Waals surface area contributed by atoms with Gasteiger partial charge in [-0.1, -0.05) is 18.2 Å². The molecule has 200 valence electrons. The molecule has 0 unspecified atom stereocenters. The minimum absolute atomic E-state index is 0.0819. The first-order chi connectivity index (χ1) is 18.7. The summed E-state index contributed by atoms with van der Waals surface area (Å²) in [6, 6.07) is 12.5. The van der Waals surface area contributed by atoms with Crippen LogP contribution in [0.25, 0.3) is 21.6 Å². The fourth-order valence-electron chi connectivity index (χ4n) is 5.07. The predicted molar refractivity (Wildman–Crippen MR) is 154 cm³/mol. The van der Waals surface area contributed by atoms with Crippen LogP contribution < -0.4 is 16.6 Å². The number of aryl methyl sites for hydroxylation is 2. The maximum atomic E-state index is 13.6. The second-order valence-electron chi connectivity index (χ2n) is 9.42. The van der Waals surface area contributed by atoms with Gasteiger partial charge >= 0.3 is 5.69 Å². The quantitative estimate of drug-likeness (QED) is 0.331. The minimum atomic E-state index is -0.416. The molecule has 1 N–H and O–H groups in total. The number of nitrogens with zero attached hydrogens (tertiary/aromatic N) is 4. The van der Waals surface area contributed by atoms with Crippen molar-refractivity contribution < 1.29 is 9.21 Å². The van der Waals surface area contributed by atoms with Gasteiger partial charge in [-0.25, -0.2) is 9.78 Å². The number of thiazole rings is 1. The van der Waals surface area contributed by atoms with Crippen LogP contribution in [0.1, 0.15) is 32.8 Å². The Morgan fingerprint density at radius 2 is 1.92 bits per heavy atom. The molecule has 0 aliphatic carbocycles. The van der Waals surface area contributed by atoms with Crippen LogP contribution in [0.4, 0.5) is 0 Å². The minimum Gasteiger partial charge on any atom is -0.448 e. The van der Waals surface area contributed by atoms with Gasteiger partial charge in [-0.15, -0.1) is 23.1 Å². The Hall–Kier alpha value is -3.54. The van der Waals surface area contributed by atoms with Crippen LogP contribution in [0, 0.1) is 6.92 Å². The lowest BCUT2D eigenvalue weighted by Crippen LogP contribution is -2.37. The molecular formula is C27H24ClN5O4S2. The highest BCUT2D eigenvalue weighted by molar-refractivity contribution is 8.00. The predicted octanol–water partition coefficient (Wildman–Crippen LogP) is 4.35. The summed E-state index contributed by atoms with van der Waals surface area (Å²) in [5.74, 6) is 0.434. The molecule has 1 aliphatic rings. The van der Waals surface area contributed by atoms with Gasteiger partial charge in [0.05, 0.1) is 22.3 Å². The summed E-state index contributed by atoms with van der Waals surface area (Å²) in [7, 11) is 3.16. The Morgan fingerprint density at radius 3 is 2.59 bits per heavy atom. The molecule has 1 aliphatic heterocycles. The Balaban J connectivity index is 1.55. The van der Waals surface area contributed by atoms with E-state index in [1.165, 1.54) is 23.0 Å². The normalized spacial score (nSPS) is 16.9. The molecule has 1 aromatic carbocycles. The summed E-state index contributed by atoms with van der Waals surface area (Å²) in [6.07, 6.45) is 0. The summed E-state index contributed by atoms with van der Waals surface area (Å²) in [5, 5.41) is 5.88. The van der Waals surface area contributed by atoms with Crippen molar-refractivity contribution in [3.63, 3.8) is 0 Å². The molecule has 4 aromatic heterocycles. The molecule has 0 saturated heterocycles. The first-order valence-corrected chi connectivity index (χ1v) is 14.4. The summed E-state index contributed by atoms with van der Waals surface area (Å²) in [6.45, 7) is 2.77. The van der Waals surface area contributed by atoms with Crippen molar-refractivity contribution in [2.24, 2.45) is 14.1 Å². The van der Waals surface area contributed by atoms with Crippen LogP contribution in [0.2, 0.25) is 5.22 Å². The lowest BCUT2D eigenvalue weighted by Gasteiger charge is -2.31. The lowest BCUT2D eigenvalue weighted by molar-refractivity contribution is 0.0953. The molecule has 0 bridgehead atoms. The summed E-state index contributed by atoms with van der Waals surface area (Å²) < 4.78 is 10.6. The summed E-state index contributed by atoms with van der Waals surface area (Å²) in [5.41, 5.74) is 2.60. The van der Waals surface area contributed by atoms with Crippen molar-refractivity contribution in [3.05, 3.63) is 96.6 Å². The third-order valence-electron chi connectivity index (χ3n) is 6.87. The molecule has 12 heteroatoms. The lowest BCUT2D eigenvalue weighted by atomic mass is 10.2. The number of thioether (sulfide) groups is 1. The summed E-state index contributed by atoms with van der Waals surface area (Å²) >= 11 is 9.23. The smallest absolute Gasteiger partial charge is 0.331 e. The number of rotatable bonds is 5. The number of fused-ring (bicyclic) bond motifs is 3. The SMILES string of the molecule is Cc1csc(-c2c3c(=O)n(C)c(=O)n(C)c3c3n2C[C@H](CNC(=O)c2ccccc2)S[C@H]3c2ccc(Cl)o2)n1. The molecule has 5 heterocycles. The molecule has 39 heavy (non-hydrogen) atoms. The second kappa shape index (κ2) is 9.89. The highest BCUT2D eigenvalue weighted by Crippen LogP contribution is 2.49. The first kappa shape index (κ1) is 25.7. The molecule has 1 amide bonds. The van der Waals surface area contributed by atoms with E-state index in [2.05, 4.69) is 9.88 Å². The number of carbonyl (C=O) groups is 1. The van der Waals surface area contributed by atoms with Crippen molar-refractivity contribution in [1.29, 1.82) is 0 Å². The van der Waals surface area contributed by atoms with Crippen molar-refractivity contribution in [2.75, 3.05) is 6.54 Å². The van der Waals surface area contributed by atoms with Gasteiger partial charge in [-0.3, -0.25) is 18.7 Å². The monoisotopic (exact) mass is 581 g/mol. The van der Waals surface area contributed by atoms with Crippen LogP contribution in [-0.4, -0.2) is 36.4 Å². The van der Waals surface area contributed by atoms with E-state index in [0.29, 0.717) is 46.0 Å². The fourth-order valence-corrected chi connectivity index (χ4v) is 7.50. The molecule has 0 saturated carbocycles. The number of furan rings is 1. The van der Waals surface area contributed by atoms with E-state index in [-0.39, 0.29) is 27.2 Å². The maximum absolute atomic E-state index is 13.6. The van der Waals surface area contributed by atoms with Gasteiger partial charge in [0.15, 0.2) is 5.22 Å². The highest BCUT2D eigenvalue weighted by Gasteiger charge is 2.38. The summed E-state index contributed by atoms with van der Waals surface area (Å²) in [4.78, 5) is 44.2. The second-order valence-corrected chi connectivity index (χ2v) is 12.1. The Morgan fingerprint density at radius 1 is 1.15 bits per heavy atom. The number of benzene rings is 1. The van der Waals surface area contributed by atoms with Gasteiger partial charge in [0.1, 0.15) is 16.0 Å². The van der Waals surface area contributed by atoms with Gasteiger partial charge in [0.25, 0.3) is 11.5 Å². The number of halogens is 1. The van der Waals surface area contributed by atoms with Gasteiger partial charge < -0.3 is 14.3 Å². The molecule has 5 aromatic rings. The standard InChI is InChI=1S/C27H24ClN5O4S2/c1-14-13-38-25(30-14)21-19-20(31(2)27(36)32(3)26(19)35)22-23(17-9-10-18(28)37-17)39-16(12-33(21)22)11-29-24(34)15-7-5-4-6-8-15/h4-10,13,16,23H,11-12H2,1-3H3,(H,29,34)/t16-,23-/m0/s1. The van der Waals surface area contributed by atoms with Crippen molar-refractivity contribution in [2.45, 2.75) is 24.0 Å². The zero-order valence-electron chi connectivity index (χ0n) is 21.3. The average molecular weight is 582 g/mol. The van der Waals surface area contributed by atoms with Gasteiger partial charge in [-0.2, -0.15) is 0 Å². The average Bonchev–Trinajstić information content (AvgIpc) is 3.66. The molecule has 6 rings (SSSR count). The first-order valence-electron chi connectivity index (χ1n) is 12.2. The van der Waals surface area contributed by atoms with E-state index < -0.39 is 5.69 Å². The third-order valence-corrected chi connectivity index (χ3v) is 9.47. The molecule has 0 spiro atoms. The molecular weight excluding hydrogens is 558 g/mol. The highest BCUT2D eigenvalue weighted by atomic mass is 35.5. The van der Waals surface area contributed by atoms with Crippen LogP contribution in [0.15, 0.2) is 61.9 Å². The topological polar surface area (TPSA) is 104 Å². The van der Waals surface area contributed by atoms with E-state index >= 15 is 0 Å². The van der Waals surface area contributed by atoms with Crippen molar-refractivity contribution >= 4 is 51.5 Å². The van der Waals surface area contributed by atoms with E-state index in [0.717, 1.165) is 16.0 Å². The van der Waals surface area contributed by atoms with Gasteiger partial charge in [-0.05, 0) is 42.8 Å². The maximum Gasteiger partial charge on any atom is 0.331 e. The van der Waals surface area contributed by atoms with Crippen LogP contribution in [0.5, 0.6) is 0 Å². The zero-order chi connectivity index (χ0) is 27.4. The van der Waals surface area contributed by atoms with Crippen molar-refractivity contribution in [3.8, 4) is 10.7 Å². The number of carbonyl (C=O) groups excluding carboxylic acids is 1. The fraction of sp³-hybridized carbons (Fsp3) is 0.259. The van der Waals surface area contributed by atoms with E-state index in [1.807, 2.05) is 30.5 Å². The van der Waals surface area contributed by atoms with Gasteiger partial charge in [0, 0.05) is 49.1 Å². The van der Waals surface area contributed by atoms with E-state index in [1.54, 1.807) is 43.1 Å². The van der Waals surface area contributed by atoms with Crippen LogP contribution in [0.3, 0.4) is 0 Å². The molecule has 0 radical (unpaired) electrons. The number of aromatic nitrogens is 4. The Kier molecular flexibility index (Phi) is 6.52. The Labute approximate surface area is 236 Å². The van der Waals surface area contributed by atoms with E-state index in [9.17, 15) is 14.4 Å². The molecule has 9 nitrogen and oxygen atoms in total. The number of amides is 1. The van der Waals surface area contributed by atoms with Crippen molar-refractivity contribution in [1.82, 2.24) is 24.0 Å².